The van der Waals surface area contributed by atoms with Crippen molar-refractivity contribution in [1.82, 2.24) is 9.78 Å². The third-order valence-electron chi connectivity index (χ3n) is 5.69. The average molecular weight is 475 g/mol. The van der Waals surface area contributed by atoms with Gasteiger partial charge in [0.25, 0.3) is 0 Å². The summed E-state index contributed by atoms with van der Waals surface area (Å²) in [5.41, 5.74) is 3.56. The number of fused-ring (bicyclic) bond motifs is 1. The SMILES string of the molecule is CC(C)(C)c1nn(-c2cccc3ccccc23)c(O)c1/N=N/c1ccc(/N=N/c2ccccc2)cc1. The van der Waals surface area contributed by atoms with E-state index in [9.17, 15) is 5.11 Å². The molecule has 0 radical (unpaired) electrons. The van der Waals surface area contributed by atoms with Crippen molar-refractivity contribution < 1.29 is 5.11 Å². The number of hydrogen-bond acceptors (Lipinski definition) is 6. The van der Waals surface area contributed by atoms with Crippen molar-refractivity contribution in [3.8, 4) is 11.6 Å². The number of aromatic hydroxyl groups is 1. The highest BCUT2D eigenvalue weighted by molar-refractivity contribution is 5.90. The lowest BCUT2D eigenvalue weighted by Gasteiger charge is -2.15. The van der Waals surface area contributed by atoms with Gasteiger partial charge in [0.05, 0.1) is 28.4 Å². The Bertz CT molecular complexity index is 1560. The summed E-state index contributed by atoms with van der Waals surface area (Å²) in [4.78, 5) is 0. The van der Waals surface area contributed by atoms with Crippen LogP contribution in [0.4, 0.5) is 22.7 Å². The first-order chi connectivity index (χ1) is 17.4. The van der Waals surface area contributed by atoms with Gasteiger partial charge in [0, 0.05) is 10.8 Å². The summed E-state index contributed by atoms with van der Waals surface area (Å²) in [7, 11) is 0. The zero-order valence-corrected chi connectivity index (χ0v) is 20.4. The molecule has 178 valence electrons. The van der Waals surface area contributed by atoms with Crippen LogP contribution in [0.5, 0.6) is 5.88 Å². The smallest absolute Gasteiger partial charge is 0.243 e. The molecule has 0 unspecified atom stereocenters. The van der Waals surface area contributed by atoms with Crippen LogP contribution in [0, 0.1) is 0 Å². The van der Waals surface area contributed by atoms with E-state index in [4.69, 9.17) is 5.10 Å². The van der Waals surface area contributed by atoms with Gasteiger partial charge in [0.1, 0.15) is 0 Å². The Labute approximate surface area is 209 Å². The van der Waals surface area contributed by atoms with E-state index in [1.54, 1.807) is 4.68 Å². The third kappa shape index (κ3) is 4.77. The van der Waals surface area contributed by atoms with Crippen molar-refractivity contribution in [3.63, 3.8) is 0 Å². The Hall–Kier alpha value is -4.65. The highest BCUT2D eigenvalue weighted by Crippen LogP contribution is 2.41. The Morgan fingerprint density at radius 1 is 0.639 bits per heavy atom. The fourth-order valence-electron chi connectivity index (χ4n) is 3.86. The molecular weight excluding hydrogens is 448 g/mol. The van der Waals surface area contributed by atoms with Crippen molar-refractivity contribution >= 4 is 33.5 Å². The zero-order chi connectivity index (χ0) is 25.1. The summed E-state index contributed by atoms with van der Waals surface area (Å²) in [5, 5.41) is 35.3. The summed E-state index contributed by atoms with van der Waals surface area (Å²) in [5.74, 6) is -0.0479. The fraction of sp³-hybridized carbons (Fsp3) is 0.138. The lowest BCUT2D eigenvalue weighted by atomic mass is 9.91. The maximum Gasteiger partial charge on any atom is 0.243 e. The van der Waals surface area contributed by atoms with Crippen molar-refractivity contribution in [2.45, 2.75) is 26.2 Å². The fourth-order valence-corrected chi connectivity index (χ4v) is 3.86. The van der Waals surface area contributed by atoms with Crippen LogP contribution in [-0.2, 0) is 5.41 Å². The molecule has 1 N–H and O–H groups in total. The normalized spacial score (nSPS) is 12.2. The first-order valence-electron chi connectivity index (χ1n) is 11.7. The third-order valence-corrected chi connectivity index (χ3v) is 5.69. The van der Waals surface area contributed by atoms with Gasteiger partial charge in [-0.15, -0.1) is 5.11 Å². The molecule has 0 aliphatic heterocycles. The van der Waals surface area contributed by atoms with Crippen molar-refractivity contribution in [2.75, 3.05) is 0 Å². The summed E-state index contributed by atoms with van der Waals surface area (Å²) < 4.78 is 1.55. The molecule has 0 fully saturated rings. The maximum atomic E-state index is 11.2. The van der Waals surface area contributed by atoms with Crippen LogP contribution in [0.1, 0.15) is 26.5 Å². The Balaban J connectivity index is 1.47. The van der Waals surface area contributed by atoms with Gasteiger partial charge in [-0.2, -0.15) is 25.1 Å². The van der Waals surface area contributed by atoms with Crippen LogP contribution in [0.25, 0.3) is 16.5 Å². The predicted octanol–water partition coefficient (Wildman–Crippen LogP) is 8.86. The van der Waals surface area contributed by atoms with E-state index in [1.807, 2.05) is 118 Å². The van der Waals surface area contributed by atoms with Gasteiger partial charge in [-0.3, -0.25) is 0 Å². The number of benzene rings is 4. The highest BCUT2D eigenvalue weighted by Gasteiger charge is 2.28. The van der Waals surface area contributed by atoms with Gasteiger partial charge in [0.2, 0.25) is 5.88 Å². The minimum Gasteiger partial charge on any atom is -0.492 e. The second-order valence-corrected chi connectivity index (χ2v) is 9.43. The lowest BCUT2D eigenvalue weighted by molar-refractivity contribution is 0.435. The topological polar surface area (TPSA) is 87.5 Å². The molecule has 0 aliphatic rings. The number of hydrogen-bond donors (Lipinski definition) is 1. The van der Waals surface area contributed by atoms with Crippen LogP contribution in [-0.4, -0.2) is 14.9 Å². The van der Waals surface area contributed by atoms with Crippen LogP contribution < -0.4 is 0 Å². The minimum absolute atomic E-state index is 0.0479. The van der Waals surface area contributed by atoms with E-state index in [-0.39, 0.29) is 11.3 Å². The van der Waals surface area contributed by atoms with E-state index >= 15 is 0 Å². The van der Waals surface area contributed by atoms with E-state index in [2.05, 4.69) is 20.5 Å². The van der Waals surface area contributed by atoms with Crippen molar-refractivity contribution in [3.05, 3.63) is 103 Å². The van der Waals surface area contributed by atoms with E-state index in [1.165, 1.54) is 0 Å². The molecule has 5 rings (SSSR count). The molecular formula is C29H26N6O. The number of rotatable bonds is 5. The zero-order valence-electron chi connectivity index (χ0n) is 20.4. The van der Waals surface area contributed by atoms with Crippen molar-refractivity contribution in [1.29, 1.82) is 0 Å². The highest BCUT2D eigenvalue weighted by atomic mass is 16.3. The largest absolute Gasteiger partial charge is 0.492 e. The monoisotopic (exact) mass is 474 g/mol. The summed E-state index contributed by atoms with van der Waals surface area (Å²) >= 11 is 0. The standard InChI is InChI=1S/C29H26N6O/c1-29(2,3)27-26(28(36)35(34-27)25-15-9-11-20-10-7-8-14-24(20)25)33-32-23-18-16-22(17-19-23)31-30-21-12-5-4-6-13-21/h4-19,36H,1-3H3/b31-30+,33-32+. The van der Waals surface area contributed by atoms with E-state index in [0.717, 1.165) is 22.1 Å². The molecule has 0 saturated heterocycles. The number of azo groups is 2. The van der Waals surface area contributed by atoms with Crippen LogP contribution in [0.15, 0.2) is 118 Å². The molecule has 7 heteroatoms. The number of aromatic nitrogens is 2. The predicted molar refractivity (Wildman–Crippen MR) is 143 cm³/mol. The van der Waals surface area contributed by atoms with Crippen molar-refractivity contribution in [2.24, 2.45) is 20.5 Å². The van der Waals surface area contributed by atoms with Gasteiger partial charge < -0.3 is 5.11 Å². The van der Waals surface area contributed by atoms with Crippen LogP contribution in [0.3, 0.4) is 0 Å². The van der Waals surface area contributed by atoms with Gasteiger partial charge in [-0.05, 0) is 47.9 Å². The van der Waals surface area contributed by atoms with E-state index < -0.39 is 0 Å². The Morgan fingerprint density at radius 2 is 1.19 bits per heavy atom. The second-order valence-electron chi connectivity index (χ2n) is 9.43. The van der Waals surface area contributed by atoms with Gasteiger partial charge >= 0.3 is 0 Å². The van der Waals surface area contributed by atoms with Crippen LogP contribution >= 0.6 is 0 Å². The molecule has 1 heterocycles. The Kier molecular flexibility index (Phi) is 6.12. The lowest BCUT2D eigenvalue weighted by Crippen LogP contribution is -2.13. The summed E-state index contributed by atoms with van der Waals surface area (Å²) in [6.45, 7) is 6.11. The first kappa shape index (κ1) is 23.1. The van der Waals surface area contributed by atoms with Gasteiger partial charge in [-0.1, -0.05) is 75.4 Å². The van der Waals surface area contributed by atoms with Crippen LogP contribution in [0.2, 0.25) is 0 Å². The molecule has 5 aromatic rings. The van der Waals surface area contributed by atoms with Gasteiger partial charge in [0.15, 0.2) is 5.69 Å². The van der Waals surface area contributed by atoms with Gasteiger partial charge in [-0.25, -0.2) is 0 Å². The quantitative estimate of drug-likeness (QED) is 0.258. The minimum atomic E-state index is -0.358. The molecule has 36 heavy (non-hydrogen) atoms. The summed E-state index contributed by atoms with van der Waals surface area (Å²) in [6, 6.07) is 30.8. The molecule has 0 atom stereocenters. The number of nitrogens with zero attached hydrogens (tertiary/aromatic N) is 6. The molecule has 4 aromatic carbocycles. The van der Waals surface area contributed by atoms with E-state index in [0.29, 0.717) is 22.8 Å². The maximum absolute atomic E-state index is 11.2. The second kappa shape index (κ2) is 9.54. The first-order valence-corrected chi connectivity index (χ1v) is 11.7. The molecule has 0 saturated carbocycles. The molecule has 1 aromatic heterocycles. The molecule has 0 amide bonds. The molecule has 7 nitrogen and oxygen atoms in total. The molecule has 0 bridgehead atoms. The molecule has 0 spiro atoms. The Morgan fingerprint density at radius 3 is 1.86 bits per heavy atom. The summed E-state index contributed by atoms with van der Waals surface area (Å²) in [6.07, 6.45) is 0. The molecule has 0 aliphatic carbocycles. The average Bonchev–Trinajstić information content (AvgIpc) is 3.23.